The predicted molar refractivity (Wildman–Crippen MR) is 83.4 cm³/mol. The van der Waals surface area contributed by atoms with Crippen molar-refractivity contribution in [1.82, 2.24) is 0 Å². The number of esters is 1. The molecule has 3 nitrogen and oxygen atoms in total. The summed E-state index contributed by atoms with van der Waals surface area (Å²) in [5.41, 5.74) is 7.53. The van der Waals surface area contributed by atoms with Crippen LogP contribution < -0.4 is 5.73 Å². The first-order valence-corrected chi connectivity index (χ1v) is 7.65. The lowest BCUT2D eigenvalue weighted by atomic mass is 10.0. The molecule has 1 aromatic carbocycles. The zero-order valence-electron chi connectivity index (χ0n) is 12.7. The highest BCUT2D eigenvalue weighted by Gasteiger charge is 2.10. The number of nitrogens with two attached hydrogens (primary N) is 1. The van der Waals surface area contributed by atoms with Crippen LogP contribution in [0.2, 0.25) is 0 Å². The van der Waals surface area contributed by atoms with Gasteiger partial charge in [0.25, 0.3) is 0 Å². The first-order valence-electron chi connectivity index (χ1n) is 7.65. The zero-order chi connectivity index (χ0) is 14.8. The van der Waals surface area contributed by atoms with Crippen LogP contribution in [0.3, 0.4) is 0 Å². The molecular weight excluding hydrogens is 250 g/mol. The number of hydrogen-bond acceptors (Lipinski definition) is 3. The van der Waals surface area contributed by atoms with Crippen molar-refractivity contribution in [1.29, 1.82) is 0 Å². The SMILES string of the molecule is CCCCC(CC)COC(=O)CCc1cccc(N)c1. The molecule has 0 heterocycles. The maximum atomic E-state index is 11.7. The largest absolute Gasteiger partial charge is 0.465 e. The Morgan fingerprint density at radius 3 is 2.80 bits per heavy atom. The molecular formula is C17H27NO2. The average Bonchev–Trinajstić information content (AvgIpc) is 2.45. The molecule has 0 aliphatic heterocycles. The number of anilines is 1. The van der Waals surface area contributed by atoms with E-state index < -0.39 is 0 Å². The summed E-state index contributed by atoms with van der Waals surface area (Å²) in [6, 6.07) is 7.65. The van der Waals surface area contributed by atoms with E-state index in [4.69, 9.17) is 10.5 Å². The molecule has 2 N–H and O–H groups in total. The van der Waals surface area contributed by atoms with Gasteiger partial charge in [-0.25, -0.2) is 0 Å². The molecule has 20 heavy (non-hydrogen) atoms. The van der Waals surface area contributed by atoms with Gasteiger partial charge in [0.15, 0.2) is 0 Å². The molecule has 0 radical (unpaired) electrons. The molecule has 1 rings (SSSR count). The lowest BCUT2D eigenvalue weighted by Gasteiger charge is -2.14. The number of ether oxygens (including phenoxy) is 1. The first-order chi connectivity index (χ1) is 9.65. The van der Waals surface area contributed by atoms with Gasteiger partial charge in [-0.2, -0.15) is 0 Å². The van der Waals surface area contributed by atoms with Gasteiger partial charge in [0.2, 0.25) is 0 Å². The molecule has 1 aromatic rings. The van der Waals surface area contributed by atoms with Gasteiger partial charge in [0, 0.05) is 12.1 Å². The van der Waals surface area contributed by atoms with E-state index in [2.05, 4.69) is 13.8 Å². The highest BCUT2D eigenvalue weighted by molar-refractivity contribution is 5.69. The van der Waals surface area contributed by atoms with Crippen LogP contribution in [0.5, 0.6) is 0 Å². The van der Waals surface area contributed by atoms with E-state index in [0.717, 1.165) is 24.1 Å². The second-order valence-corrected chi connectivity index (χ2v) is 5.34. The van der Waals surface area contributed by atoms with Gasteiger partial charge in [-0.3, -0.25) is 4.79 Å². The Bertz CT molecular complexity index is 404. The van der Waals surface area contributed by atoms with E-state index in [9.17, 15) is 4.79 Å². The summed E-state index contributed by atoms with van der Waals surface area (Å²) >= 11 is 0. The summed E-state index contributed by atoms with van der Waals surface area (Å²) in [6.07, 6.45) is 5.74. The number of carbonyl (C=O) groups is 1. The van der Waals surface area contributed by atoms with Crippen LogP contribution in [0.4, 0.5) is 5.69 Å². The highest BCUT2D eigenvalue weighted by Crippen LogP contribution is 2.14. The van der Waals surface area contributed by atoms with Crippen molar-refractivity contribution in [3.8, 4) is 0 Å². The van der Waals surface area contributed by atoms with E-state index in [0.29, 0.717) is 25.4 Å². The zero-order valence-corrected chi connectivity index (χ0v) is 12.7. The minimum Gasteiger partial charge on any atom is -0.465 e. The predicted octanol–water partition coefficient (Wildman–Crippen LogP) is 3.96. The molecule has 0 spiro atoms. The van der Waals surface area contributed by atoms with Crippen molar-refractivity contribution in [2.45, 2.75) is 52.4 Å². The van der Waals surface area contributed by atoms with Crippen LogP contribution in [0.1, 0.15) is 51.5 Å². The molecule has 0 fully saturated rings. The Morgan fingerprint density at radius 1 is 1.35 bits per heavy atom. The second-order valence-electron chi connectivity index (χ2n) is 5.34. The fourth-order valence-electron chi connectivity index (χ4n) is 2.18. The third-order valence-corrected chi connectivity index (χ3v) is 3.59. The third kappa shape index (κ3) is 6.60. The Labute approximate surface area is 122 Å². The lowest BCUT2D eigenvalue weighted by molar-refractivity contribution is -0.145. The Morgan fingerprint density at radius 2 is 2.15 bits per heavy atom. The number of carbonyl (C=O) groups excluding carboxylic acids is 1. The number of unbranched alkanes of at least 4 members (excludes halogenated alkanes) is 1. The van der Waals surface area contributed by atoms with Gasteiger partial charge in [-0.05, 0) is 36.5 Å². The summed E-state index contributed by atoms with van der Waals surface area (Å²) in [7, 11) is 0. The minimum atomic E-state index is -0.109. The number of nitrogen functional groups attached to an aromatic ring is 1. The van der Waals surface area contributed by atoms with E-state index in [-0.39, 0.29) is 5.97 Å². The lowest BCUT2D eigenvalue weighted by Crippen LogP contribution is -2.14. The summed E-state index contributed by atoms with van der Waals surface area (Å²) in [5, 5.41) is 0. The van der Waals surface area contributed by atoms with Crippen molar-refractivity contribution in [2.24, 2.45) is 5.92 Å². The van der Waals surface area contributed by atoms with Crippen LogP contribution >= 0.6 is 0 Å². The third-order valence-electron chi connectivity index (χ3n) is 3.59. The monoisotopic (exact) mass is 277 g/mol. The standard InChI is InChI=1S/C17H27NO2/c1-3-5-7-14(4-2)13-20-17(19)11-10-15-8-6-9-16(18)12-15/h6,8-9,12,14H,3-5,7,10-11,13,18H2,1-2H3. The maximum Gasteiger partial charge on any atom is 0.306 e. The Kier molecular flexibility index (Phi) is 7.78. The fraction of sp³-hybridized carbons (Fsp3) is 0.588. The van der Waals surface area contributed by atoms with E-state index in [1.807, 2.05) is 24.3 Å². The van der Waals surface area contributed by atoms with Crippen molar-refractivity contribution >= 4 is 11.7 Å². The highest BCUT2D eigenvalue weighted by atomic mass is 16.5. The normalized spacial score (nSPS) is 12.1. The van der Waals surface area contributed by atoms with Gasteiger partial charge in [-0.15, -0.1) is 0 Å². The van der Waals surface area contributed by atoms with Crippen LogP contribution in [0.15, 0.2) is 24.3 Å². The molecule has 112 valence electrons. The van der Waals surface area contributed by atoms with Crippen LogP contribution in [0.25, 0.3) is 0 Å². The van der Waals surface area contributed by atoms with Crippen molar-refractivity contribution in [3.63, 3.8) is 0 Å². The number of aryl methyl sites for hydroxylation is 1. The second kappa shape index (κ2) is 9.40. The molecule has 0 aliphatic carbocycles. The molecule has 0 aliphatic rings. The van der Waals surface area contributed by atoms with Crippen LogP contribution in [-0.4, -0.2) is 12.6 Å². The fourth-order valence-corrected chi connectivity index (χ4v) is 2.18. The average molecular weight is 277 g/mol. The first kappa shape index (κ1) is 16.5. The van der Waals surface area contributed by atoms with Gasteiger partial charge < -0.3 is 10.5 Å². The van der Waals surface area contributed by atoms with Gasteiger partial charge in [0.1, 0.15) is 0 Å². The quantitative estimate of drug-likeness (QED) is 0.549. The van der Waals surface area contributed by atoms with Gasteiger partial charge >= 0.3 is 5.97 Å². The van der Waals surface area contributed by atoms with E-state index in [1.165, 1.54) is 12.8 Å². The number of hydrogen-bond donors (Lipinski definition) is 1. The molecule has 1 unspecified atom stereocenters. The van der Waals surface area contributed by atoms with E-state index >= 15 is 0 Å². The molecule has 0 bridgehead atoms. The Hall–Kier alpha value is -1.51. The number of rotatable bonds is 9. The molecule has 0 saturated carbocycles. The van der Waals surface area contributed by atoms with Crippen LogP contribution in [-0.2, 0) is 16.0 Å². The molecule has 3 heteroatoms. The molecule has 0 amide bonds. The van der Waals surface area contributed by atoms with Crippen molar-refractivity contribution in [3.05, 3.63) is 29.8 Å². The smallest absolute Gasteiger partial charge is 0.306 e. The summed E-state index contributed by atoms with van der Waals surface area (Å²) in [4.78, 5) is 11.7. The van der Waals surface area contributed by atoms with Crippen LogP contribution in [0, 0.1) is 5.92 Å². The van der Waals surface area contributed by atoms with E-state index in [1.54, 1.807) is 0 Å². The van der Waals surface area contributed by atoms with Gasteiger partial charge in [0.05, 0.1) is 6.61 Å². The van der Waals surface area contributed by atoms with Crippen molar-refractivity contribution in [2.75, 3.05) is 12.3 Å². The maximum absolute atomic E-state index is 11.7. The Balaban J connectivity index is 2.26. The number of benzene rings is 1. The summed E-state index contributed by atoms with van der Waals surface area (Å²) in [5.74, 6) is 0.397. The molecule has 0 saturated heterocycles. The molecule has 0 aromatic heterocycles. The minimum absolute atomic E-state index is 0.109. The molecule has 1 atom stereocenters. The summed E-state index contributed by atoms with van der Waals surface area (Å²) < 4.78 is 5.37. The van der Waals surface area contributed by atoms with Gasteiger partial charge in [-0.1, -0.05) is 45.2 Å². The topological polar surface area (TPSA) is 52.3 Å². The summed E-state index contributed by atoms with van der Waals surface area (Å²) in [6.45, 7) is 4.90. The van der Waals surface area contributed by atoms with Crippen molar-refractivity contribution < 1.29 is 9.53 Å².